The molecule has 0 saturated carbocycles. The third kappa shape index (κ3) is 7.86. The van der Waals surface area contributed by atoms with Crippen LogP contribution in [0.4, 0.5) is 0 Å². The summed E-state index contributed by atoms with van der Waals surface area (Å²) in [5.41, 5.74) is 0. The van der Waals surface area contributed by atoms with E-state index in [9.17, 15) is 0 Å². The first-order chi connectivity index (χ1) is 5.16. The predicted octanol–water partition coefficient (Wildman–Crippen LogP) is 3.05. The van der Waals surface area contributed by atoms with Crippen molar-refractivity contribution in [3.63, 3.8) is 0 Å². The van der Waals surface area contributed by atoms with E-state index in [1.807, 2.05) is 0 Å². The quantitative estimate of drug-likeness (QED) is 0.576. The SMILES string of the molecule is [CH2]C(CCCC)OCC(C)C. The van der Waals surface area contributed by atoms with Crippen LogP contribution in [-0.2, 0) is 4.74 Å². The van der Waals surface area contributed by atoms with Gasteiger partial charge in [0.2, 0.25) is 0 Å². The molecule has 0 aliphatic rings. The zero-order valence-corrected chi connectivity index (χ0v) is 8.10. The molecule has 0 heterocycles. The molecular formula is C10H21O. The second-order valence-electron chi connectivity index (χ2n) is 3.49. The first-order valence-corrected chi connectivity index (χ1v) is 4.61. The number of rotatable bonds is 6. The van der Waals surface area contributed by atoms with Crippen LogP contribution in [0, 0.1) is 12.8 Å². The van der Waals surface area contributed by atoms with Crippen molar-refractivity contribution in [2.45, 2.75) is 46.1 Å². The Bertz CT molecular complexity index is 78.9. The molecule has 67 valence electrons. The highest BCUT2D eigenvalue weighted by atomic mass is 16.5. The van der Waals surface area contributed by atoms with Crippen LogP contribution in [0.2, 0.25) is 0 Å². The lowest BCUT2D eigenvalue weighted by atomic mass is 10.2. The van der Waals surface area contributed by atoms with Crippen molar-refractivity contribution >= 4 is 0 Å². The fourth-order valence-corrected chi connectivity index (χ4v) is 0.844. The Balaban J connectivity index is 3.15. The lowest BCUT2D eigenvalue weighted by Crippen LogP contribution is -2.12. The van der Waals surface area contributed by atoms with Gasteiger partial charge in [-0.2, -0.15) is 0 Å². The van der Waals surface area contributed by atoms with Gasteiger partial charge < -0.3 is 4.74 Å². The van der Waals surface area contributed by atoms with E-state index < -0.39 is 0 Å². The molecule has 0 aliphatic carbocycles. The van der Waals surface area contributed by atoms with E-state index in [1.165, 1.54) is 12.8 Å². The minimum Gasteiger partial charge on any atom is -0.378 e. The summed E-state index contributed by atoms with van der Waals surface area (Å²) in [4.78, 5) is 0. The molecule has 1 unspecified atom stereocenters. The lowest BCUT2D eigenvalue weighted by molar-refractivity contribution is 0.0571. The van der Waals surface area contributed by atoms with Gasteiger partial charge in [-0.05, 0) is 19.3 Å². The molecule has 0 aliphatic heterocycles. The molecule has 0 aromatic heterocycles. The standard InChI is InChI=1S/C10H21O/c1-5-6-7-10(4)11-8-9(2)3/h9-10H,4-8H2,1-3H3. The Kier molecular flexibility index (Phi) is 6.63. The normalized spacial score (nSPS) is 13.9. The maximum Gasteiger partial charge on any atom is 0.0576 e. The van der Waals surface area contributed by atoms with E-state index >= 15 is 0 Å². The summed E-state index contributed by atoms with van der Waals surface area (Å²) in [5.74, 6) is 0.626. The summed E-state index contributed by atoms with van der Waals surface area (Å²) in [6, 6.07) is 0. The van der Waals surface area contributed by atoms with Crippen molar-refractivity contribution in [3.05, 3.63) is 6.92 Å². The highest BCUT2D eigenvalue weighted by Crippen LogP contribution is 2.05. The summed E-state index contributed by atoms with van der Waals surface area (Å²) in [7, 11) is 0. The third-order valence-electron chi connectivity index (χ3n) is 1.54. The van der Waals surface area contributed by atoms with Gasteiger partial charge in [0.25, 0.3) is 0 Å². The molecule has 1 nitrogen and oxygen atoms in total. The highest BCUT2D eigenvalue weighted by Gasteiger charge is 2.01. The molecule has 0 bridgehead atoms. The Labute approximate surface area is 71.1 Å². The Morgan fingerprint density at radius 2 is 2.00 bits per heavy atom. The second kappa shape index (κ2) is 6.66. The first-order valence-electron chi connectivity index (χ1n) is 4.61. The average molecular weight is 157 g/mol. The van der Waals surface area contributed by atoms with E-state index in [0.29, 0.717) is 5.92 Å². The third-order valence-corrected chi connectivity index (χ3v) is 1.54. The van der Waals surface area contributed by atoms with Gasteiger partial charge in [-0.1, -0.05) is 33.6 Å². The maximum absolute atomic E-state index is 5.49. The van der Waals surface area contributed by atoms with Crippen molar-refractivity contribution in [1.29, 1.82) is 0 Å². The van der Waals surface area contributed by atoms with Gasteiger partial charge in [-0.25, -0.2) is 0 Å². The summed E-state index contributed by atoms with van der Waals surface area (Å²) >= 11 is 0. The zero-order chi connectivity index (χ0) is 8.69. The Morgan fingerprint density at radius 3 is 2.45 bits per heavy atom. The molecule has 0 amide bonds. The largest absolute Gasteiger partial charge is 0.378 e. The molecular weight excluding hydrogens is 136 g/mol. The molecule has 0 aromatic carbocycles. The van der Waals surface area contributed by atoms with Gasteiger partial charge in [-0.3, -0.25) is 0 Å². The minimum absolute atomic E-state index is 0.206. The van der Waals surface area contributed by atoms with Crippen molar-refractivity contribution < 1.29 is 4.74 Å². The Hall–Kier alpha value is -0.0400. The summed E-state index contributed by atoms with van der Waals surface area (Å²) in [6.07, 6.45) is 3.77. The highest BCUT2D eigenvalue weighted by molar-refractivity contribution is 4.59. The monoisotopic (exact) mass is 157 g/mol. The van der Waals surface area contributed by atoms with Crippen LogP contribution in [0.5, 0.6) is 0 Å². The minimum atomic E-state index is 0.206. The topological polar surface area (TPSA) is 9.23 Å². The van der Waals surface area contributed by atoms with Gasteiger partial charge in [0.15, 0.2) is 0 Å². The van der Waals surface area contributed by atoms with E-state index in [4.69, 9.17) is 4.74 Å². The van der Waals surface area contributed by atoms with E-state index in [1.54, 1.807) is 0 Å². The van der Waals surface area contributed by atoms with Crippen molar-refractivity contribution in [2.75, 3.05) is 6.61 Å². The molecule has 0 spiro atoms. The van der Waals surface area contributed by atoms with Gasteiger partial charge in [-0.15, -0.1) is 0 Å². The van der Waals surface area contributed by atoms with E-state index in [-0.39, 0.29) is 6.10 Å². The molecule has 1 heteroatoms. The number of hydrogen-bond acceptors (Lipinski definition) is 1. The van der Waals surface area contributed by atoms with Crippen LogP contribution < -0.4 is 0 Å². The van der Waals surface area contributed by atoms with Crippen LogP contribution in [0.25, 0.3) is 0 Å². The fraction of sp³-hybridized carbons (Fsp3) is 0.900. The summed E-state index contributed by atoms with van der Waals surface area (Å²) in [6.45, 7) is 11.3. The lowest BCUT2D eigenvalue weighted by Gasteiger charge is -2.13. The number of unbranched alkanes of at least 4 members (excludes halogenated alkanes) is 1. The molecule has 11 heavy (non-hydrogen) atoms. The fourth-order valence-electron chi connectivity index (χ4n) is 0.844. The average Bonchev–Trinajstić information content (AvgIpc) is 1.97. The molecule has 1 radical (unpaired) electrons. The summed E-state index contributed by atoms with van der Waals surface area (Å²) < 4.78 is 5.49. The summed E-state index contributed by atoms with van der Waals surface area (Å²) in [5, 5.41) is 0. The van der Waals surface area contributed by atoms with Crippen LogP contribution in [0.1, 0.15) is 40.0 Å². The van der Waals surface area contributed by atoms with Gasteiger partial charge in [0.05, 0.1) is 6.10 Å². The predicted molar refractivity (Wildman–Crippen MR) is 49.5 cm³/mol. The van der Waals surface area contributed by atoms with Crippen molar-refractivity contribution in [2.24, 2.45) is 5.92 Å². The molecule has 0 N–H and O–H groups in total. The van der Waals surface area contributed by atoms with Gasteiger partial charge in [0.1, 0.15) is 0 Å². The first kappa shape index (κ1) is 11.0. The molecule has 0 fully saturated rings. The Morgan fingerprint density at radius 1 is 1.36 bits per heavy atom. The van der Waals surface area contributed by atoms with Gasteiger partial charge >= 0.3 is 0 Å². The maximum atomic E-state index is 5.49. The molecule has 0 aromatic rings. The molecule has 0 saturated heterocycles. The van der Waals surface area contributed by atoms with Crippen LogP contribution in [0.3, 0.4) is 0 Å². The van der Waals surface area contributed by atoms with Crippen molar-refractivity contribution in [1.82, 2.24) is 0 Å². The van der Waals surface area contributed by atoms with Crippen molar-refractivity contribution in [3.8, 4) is 0 Å². The van der Waals surface area contributed by atoms with E-state index in [0.717, 1.165) is 13.0 Å². The van der Waals surface area contributed by atoms with Crippen LogP contribution >= 0.6 is 0 Å². The zero-order valence-electron chi connectivity index (χ0n) is 8.10. The second-order valence-corrected chi connectivity index (χ2v) is 3.49. The van der Waals surface area contributed by atoms with Gasteiger partial charge in [0, 0.05) is 6.61 Å². The number of hydrogen-bond donors (Lipinski definition) is 0. The molecule has 1 atom stereocenters. The van der Waals surface area contributed by atoms with Crippen LogP contribution in [-0.4, -0.2) is 12.7 Å². The van der Waals surface area contributed by atoms with Crippen LogP contribution in [0.15, 0.2) is 0 Å². The smallest absolute Gasteiger partial charge is 0.0576 e. The number of ether oxygens (including phenoxy) is 1. The molecule has 0 rings (SSSR count). The van der Waals surface area contributed by atoms with E-state index in [2.05, 4.69) is 27.7 Å².